The molecule has 0 radical (unpaired) electrons. The van der Waals surface area contributed by atoms with Crippen LogP contribution in [0.15, 0.2) is 41.8 Å². The van der Waals surface area contributed by atoms with Gasteiger partial charge in [0.15, 0.2) is 5.72 Å². The smallest absolute Gasteiger partial charge is 0.198 e. The van der Waals surface area contributed by atoms with E-state index >= 15 is 0 Å². The molecule has 2 heterocycles. The van der Waals surface area contributed by atoms with Crippen molar-refractivity contribution in [3.8, 4) is 0 Å². The van der Waals surface area contributed by atoms with Gasteiger partial charge in [0.25, 0.3) is 0 Å². The van der Waals surface area contributed by atoms with E-state index in [1.807, 2.05) is 22.9 Å². The van der Waals surface area contributed by atoms with E-state index in [1.54, 1.807) is 11.3 Å². The average Bonchev–Trinajstić information content (AvgIpc) is 3.34. The Balaban J connectivity index is 1.90. The quantitative estimate of drug-likeness (QED) is 0.389. The van der Waals surface area contributed by atoms with Crippen molar-refractivity contribution < 1.29 is 4.74 Å². The summed E-state index contributed by atoms with van der Waals surface area (Å²) in [5, 5.41) is 11.0. The zero-order valence-electron chi connectivity index (χ0n) is 15.9. The molecule has 0 amide bonds. The maximum absolute atomic E-state index is 6.43. The second-order valence-electron chi connectivity index (χ2n) is 6.70. The minimum atomic E-state index is -0.566. The van der Waals surface area contributed by atoms with Gasteiger partial charge in [0, 0.05) is 13.0 Å². The molecule has 2 aromatic heterocycles. The number of para-hydroxylation sites is 1. The van der Waals surface area contributed by atoms with Crippen LogP contribution in [-0.4, -0.2) is 21.6 Å². The van der Waals surface area contributed by atoms with E-state index in [2.05, 4.69) is 47.7 Å². The summed E-state index contributed by atoms with van der Waals surface area (Å²) in [6, 6.07) is 12.4. The minimum absolute atomic E-state index is 0.566. The average molecular weight is 372 g/mol. The van der Waals surface area contributed by atoms with Crippen LogP contribution in [0.1, 0.15) is 63.7 Å². The van der Waals surface area contributed by atoms with Crippen molar-refractivity contribution in [2.24, 2.45) is 0 Å². The fraction of sp³-hybridized carbons (Fsp3) is 0.524. The first-order chi connectivity index (χ1) is 12.8. The first-order valence-corrected chi connectivity index (χ1v) is 10.7. The number of nitrogens with zero attached hydrogens (tertiary/aromatic N) is 3. The topological polar surface area (TPSA) is 39.9 Å². The van der Waals surface area contributed by atoms with Crippen molar-refractivity contribution in [1.29, 1.82) is 0 Å². The van der Waals surface area contributed by atoms with Gasteiger partial charge in [0.2, 0.25) is 0 Å². The van der Waals surface area contributed by atoms with E-state index in [-0.39, 0.29) is 0 Å². The second-order valence-corrected chi connectivity index (χ2v) is 7.65. The zero-order chi connectivity index (χ0) is 18.2. The van der Waals surface area contributed by atoms with Crippen molar-refractivity contribution in [2.75, 3.05) is 6.61 Å². The number of unbranched alkanes of at least 4 members (excludes halogenated alkanes) is 5. The Labute approximate surface area is 160 Å². The van der Waals surface area contributed by atoms with Crippen molar-refractivity contribution >= 4 is 22.4 Å². The molecule has 1 unspecified atom stereocenters. The molecule has 3 aromatic rings. The highest BCUT2D eigenvalue weighted by Crippen LogP contribution is 2.38. The van der Waals surface area contributed by atoms with Crippen LogP contribution in [0.2, 0.25) is 0 Å². The zero-order valence-corrected chi connectivity index (χ0v) is 16.7. The molecule has 0 aliphatic carbocycles. The monoisotopic (exact) mass is 371 g/mol. The molecule has 0 aliphatic rings. The highest BCUT2D eigenvalue weighted by molar-refractivity contribution is 7.10. The number of rotatable bonds is 11. The summed E-state index contributed by atoms with van der Waals surface area (Å²) in [5.41, 5.74) is 1.38. The Hall–Kier alpha value is -1.72. The van der Waals surface area contributed by atoms with Gasteiger partial charge in [-0.1, -0.05) is 62.4 Å². The lowest BCUT2D eigenvalue weighted by atomic mass is 10.0. The summed E-state index contributed by atoms with van der Waals surface area (Å²) in [6.07, 6.45) is 8.49. The van der Waals surface area contributed by atoms with Gasteiger partial charge in [0.05, 0.1) is 10.4 Å². The van der Waals surface area contributed by atoms with Crippen molar-refractivity contribution in [3.63, 3.8) is 0 Å². The first-order valence-electron chi connectivity index (χ1n) is 9.80. The Morgan fingerprint density at radius 1 is 1.00 bits per heavy atom. The summed E-state index contributed by atoms with van der Waals surface area (Å²) in [4.78, 5) is 1.20. The third-order valence-corrected chi connectivity index (χ3v) is 5.85. The number of hydrogen-bond donors (Lipinski definition) is 0. The standard InChI is InChI=1S/C21H29N3OS/c1-3-5-6-7-8-11-16-21(25-4-2,20-15-12-17-26-20)24-19-14-10-9-13-18(19)22-23-24/h9-10,12-15,17H,3-8,11,16H2,1-2H3. The first kappa shape index (κ1) is 19.1. The minimum Gasteiger partial charge on any atom is -0.349 e. The fourth-order valence-corrected chi connectivity index (χ4v) is 4.45. The molecule has 0 bridgehead atoms. The summed E-state index contributed by atoms with van der Waals surface area (Å²) in [6.45, 7) is 4.96. The van der Waals surface area contributed by atoms with E-state index in [1.165, 1.54) is 37.0 Å². The third kappa shape index (κ3) is 3.99. The number of hydrogen-bond acceptors (Lipinski definition) is 4. The Bertz CT molecular complexity index is 784. The molecule has 0 saturated heterocycles. The molecule has 0 aliphatic heterocycles. The fourth-order valence-electron chi connectivity index (χ4n) is 3.56. The second kappa shape index (κ2) is 9.28. The van der Waals surface area contributed by atoms with E-state index in [0.29, 0.717) is 6.61 Å². The predicted octanol–water partition coefficient (Wildman–Crippen LogP) is 5.98. The lowest BCUT2D eigenvalue weighted by Crippen LogP contribution is -2.38. The summed E-state index contributed by atoms with van der Waals surface area (Å²) < 4.78 is 8.43. The number of benzene rings is 1. The molecule has 1 aromatic carbocycles. The normalized spacial score (nSPS) is 13.9. The largest absolute Gasteiger partial charge is 0.349 e. The SMILES string of the molecule is CCCCCCCCC(OCC)(c1cccs1)n1nnc2ccccc21. The maximum Gasteiger partial charge on any atom is 0.198 e. The number of aromatic nitrogens is 3. The van der Waals surface area contributed by atoms with Gasteiger partial charge in [-0.05, 0) is 36.9 Å². The molecule has 3 rings (SSSR count). The third-order valence-electron chi connectivity index (χ3n) is 4.85. The van der Waals surface area contributed by atoms with Crippen molar-refractivity contribution in [1.82, 2.24) is 15.0 Å². The van der Waals surface area contributed by atoms with Crippen molar-refractivity contribution in [3.05, 3.63) is 46.7 Å². The van der Waals surface area contributed by atoms with E-state index < -0.39 is 5.72 Å². The molecule has 0 fully saturated rings. The van der Waals surface area contributed by atoms with E-state index in [0.717, 1.165) is 23.9 Å². The van der Waals surface area contributed by atoms with Crippen LogP contribution in [0.3, 0.4) is 0 Å². The van der Waals surface area contributed by atoms with Crippen LogP contribution in [0, 0.1) is 0 Å². The number of thiophene rings is 1. The van der Waals surface area contributed by atoms with Crippen LogP contribution in [0.4, 0.5) is 0 Å². The van der Waals surface area contributed by atoms with Crippen molar-refractivity contribution in [2.45, 2.75) is 64.5 Å². The van der Waals surface area contributed by atoms with Gasteiger partial charge in [-0.3, -0.25) is 0 Å². The predicted molar refractivity (Wildman–Crippen MR) is 109 cm³/mol. The summed E-state index contributed by atoms with van der Waals surface area (Å²) in [5.74, 6) is 0. The van der Waals surface area contributed by atoms with Gasteiger partial charge in [-0.15, -0.1) is 16.4 Å². The van der Waals surface area contributed by atoms with Crippen LogP contribution in [-0.2, 0) is 10.5 Å². The van der Waals surface area contributed by atoms with E-state index in [4.69, 9.17) is 4.74 Å². The highest BCUT2D eigenvalue weighted by atomic mass is 32.1. The van der Waals surface area contributed by atoms with Gasteiger partial charge < -0.3 is 4.74 Å². The van der Waals surface area contributed by atoms with Crippen LogP contribution in [0.25, 0.3) is 11.0 Å². The van der Waals surface area contributed by atoms with Gasteiger partial charge in [-0.2, -0.15) is 0 Å². The van der Waals surface area contributed by atoms with Crippen LogP contribution < -0.4 is 0 Å². The maximum atomic E-state index is 6.43. The number of fused-ring (bicyclic) bond motifs is 1. The molecule has 0 saturated carbocycles. The molecule has 140 valence electrons. The highest BCUT2D eigenvalue weighted by Gasteiger charge is 2.38. The molecular weight excluding hydrogens is 342 g/mol. The Morgan fingerprint density at radius 3 is 2.58 bits per heavy atom. The van der Waals surface area contributed by atoms with Crippen LogP contribution >= 0.6 is 11.3 Å². The Morgan fingerprint density at radius 2 is 1.81 bits per heavy atom. The molecule has 1 atom stereocenters. The lowest BCUT2D eigenvalue weighted by molar-refractivity contribution is -0.0799. The molecule has 26 heavy (non-hydrogen) atoms. The Kier molecular flexibility index (Phi) is 6.80. The summed E-state index contributed by atoms with van der Waals surface area (Å²) in [7, 11) is 0. The molecule has 5 heteroatoms. The van der Waals surface area contributed by atoms with E-state index in [9.17, 15) is 0 Å². The molecule has 4 nitrogen and oxygen atoms in total. The van der Waals surface area contributed by atoms with Gasteiger partial charge in [0.1, 0.15) is 5.52 Å². The van der Waals surface area contributed by atoms with Gasteiger partial charge in [-0.25, -0.2) is 4.68 Å². The molecular formula is C21H29N3OS. The van der Waals surface area contributed by atoms with Crippen LogP contribution in [0.5, 0.6) is 0 Å². The molecule has 0 spiro atoms. The molecule has 0 N–H and O–H groups in total. The summed E-state index contributed by atoms with van der Waals surface area (Å²) >= 11 is 1.73. The number of ether oxygens (including phenoxy) is 1. The lowest BCUT2D eigenvalue weighted by Gasteiger charge is -2.33. The van der Waals surface area contributed by atoms with Gasteiger partial charge >= 0.3 is 0 Å².